The summed E-state index contributed by atoms with van der Waals surface area (Å²) in [5.41, 5.74) is 4.17. The monoisotopic (exact) mass is 208 g/mol. The Hall–Kier alpha value is -0.660. The molecule has 1 saturated heterocycles. The van der Waals surface area contributed by atoms with Crippen LogP contribution in [0, 0.1) is 0 Å². The highest BCUT2D eigenvalue weighted by molar-refractivity contribution is 7.88. The maximum absolute atomic E-state index is 10.9. The van der Waals surface area contributed by atoms with Crippen LogP contribution in [0.1, 0.15) is 6.42 Å². The second-order valence-electron chi connectivity index (χ2n) is 3.29. The van der Waals surface area contributed by atoms with Gasteiger partial charge in [-0.05, 0) is 0 Å². The molecule has 6 nitrogen and oxygen atoms in total. The summed E-state index contributed by atoms with van der Waals surface area (Å²) in [5, 5.41) is 0. The molecule has 0 aromatic heterocycles. The standard InChI is InChI=1S/C6H12N2O4S/c1-13(10,11)8-6(2-5(7)9)3-12-4-6/h8H,2-4H2,1H3,(H2,7,9). The predicted molar refractivity (Wildman–Crippen MR) is 45.3 cm³/mol. The van der Waals surface area contributed by atoms with Crippen LogP contribution in [0.5, 0.6) is 0 Å². The average Bonchev–Trinajstić information content (AvgIpc) is 1.78. The Morgan fingerprint density at radius 2 is 2.15 bits per heavy atom. The number of primary amides is 1. The number of sulfonamides is 1. The fraction of sp³-hybridized carbons (Fsp3) is 0.833. The molecule has 0 unspecified atom stereocenters. The molecule has 0 radical (unpaired) electrons. The quantitative estimate of drug-likeness (QED) is 0.568. The van der Waals surface area contributed by atoms with Crippen molar-refractivity contribution in [3.63, 3.8) is 0 Å². The van der Waals surface area contributed by atoms with Crippen LogP contribution in [0.15, 0.2) is 0 Å². The first-order valence-electron chi connectivity index (χ1n) is 3.68. The zero-order valence-corrected chi connectivity index (χ0v) is 8.06. The summed E-state index contributed by atoms with van der Waals surface area (Å²) >= 11 is 0. The molecular formula is C6H12N2O4S. The third-order valence-corrected chi connectivity index (χ3v) is 2.48. The Bertz CT molecular complexity index is 307. The summed E-state index contributed by atoms with van der Waals surface area (Å²) in [5.74, 6) is -0.542. The molecule has 0 atom stereocenters. The Kier molecular flexibility index (Phi) is 2.60. The summed E-state index contributed by atoms with van der Waals surface area (Å²) in [6.07, 6.45) is 1.01. The maximum atomic E-state index is 10.9. The van der Waals surface area contributed by atoms with E-state index in [0.717, 1.165) is 6.26 Å². The number of hydrogen-bond acceptors (Lipinski definition) is 4. The zero-order valence-electron chi connectivity index (χ0n) is 7.24. The number of carbonyl (C=O) groups is 1. The molecule has 1 aliphatic heterocycles. The Morgan fingerprint density at radius 3 is 2.38 bits per heavy atom. The van der Waals surface area contributed by atoms with Crippen LogP contribution in [0.4, 0.5) is 0 Å². The lowest BCUT2D eigenvalue weighted by atomic mass is 9.94. The van der Waals surface area contributed by atoms with E-state index in [1.165, 1.54) is 0 Å². The average molecular weight is 208 g/mol. The summed E-state index contributed by atoms with van der Waals surface area (Å²) in [6, 6.07) is 0. The number of hydrogen-bond donors (Lipinski definition) is 2. The number of nitrogens with two attached hydrogens (primary N) is 1. The second kappa shape index (κ2) is 3.24. The van der Waals surface area contributed by atoms with Crippen LogP contribution in [0.25, 0.3) is 0 Å². The fourth-order valence-corrected chi connectivity index (χ4v) is 2.25. The van der Waals surface area contributed by atoms with Gasteiger partial charge in [-0.3, -0.25) is 4.79 Å². The first-order valence-corrected chi connectivity index (χ1v) is 5.57. The van der Waals surface area contributed by atoms with Crippen molar-refractivity contribution in [1.29, 1.82) is 0 Å². The van der Waals surface area contributed by atoms with Crippen LogP contribution in [-0.2, 0) is 19.6 Å². The second-order valence-corrected chi connectivity index (χ2v) is 5.04. The highest BCUT2D eigenvalue weighted by Crippen LogP contribution is 2.21. The van der Waals surface area contributed by atoms with Gasteiger partial charge in [0.2, 0.25) is 15.9 Å². The van der Waals surface area contributed by atoms with E-state index in [-0.39, 0.29) is 19.6 Å². The van der Waals surface area contributed by atoms with Gasteiger partial charge in [0.1, 0.15) is 0 Å². The first-order chi connectivity index (χ1) is 5.83. The van der Waals surface area contributed by atoms with Crippen molar-refractivity contribution in [3.05, 3.63) is 0 Å². The predicted octanol–water partition coefficient (Wildman–Crippen LogP) is -1.82. The molecule has 1 aliphatic rings. The highest BCUT2D eigenvalue weighted by atomic mass is 32.2. The third-order valence-electron chi connectivity index (χ3n) is 1.67. The highest BCUT2D eigenvalue weighted by Gasteiger charge is 2.42. The van der Waals surface area contributed by atoms with Gasteiger partial charge < -0.3 is 10.5 Å². The molecule has 0 bridgehead atoms. The molecule has 0 aliphatic carbocycles. The van der Waals surface area contributed by atoms with Crippen LogP contribution >= 0.6 is 0 Å². The van der Waals surface area contributed by atoms with Gasteiger partial charge in [-0.25, -0.2) is 13.1 Å². The van der Waals surface area contributed by atoms with Crippen LogP contribution in [-0.4, -0.2) is 39.3 Å². The van der Waals surface area contributed by atoms with Crippen molar-refractivity contribution in [2.45, 2.75) is 12.0 Å². The maximum Gasteiger partial charge on any atom is 0.219 e. The van der Waals surface area contributed by atoms with Gasteiger partial charge in [0.05, 0.1) is 31.4 Å². The van der Waals surface area contributed by atoms with E-state index in [2.05, 4.69) is 4.72 Å². The number of carbonyl (C=O) groups excluding carboxylic acids is 1. The Morgan fingerprint density at radius 1 is 1.62 bits per heavy atom. The number of nitrogens with one attached hydrogen (secondary N) is 1. The van der Waals surface area contributed by atoms with Gasteiger partial charge in [0, 0.05) is 0 Å². The van der Waals surface area contributed by atoms with Gasteiger partial charge >= 0.3 is 0 Å². The number of ether oxygens (including phenoxy) is 1. The van der Waals surface area contributed by atoms with Crippen molar-refractivity contribution in [3.8, 4) is 0 Å². The lowest BCUT2D eigenvalue weighted by molar-refractivity contribution is -0.126. The van der Waals surface area contributed by atoms with E-state index >= 15 is 0 Å². The van der Waals surface area contributed by atoms with E-state index in [9.17, 15) is 13.2 Å². The van der Waals surface area contributed by atoms with Gasteiger partial charge in [-0.1, -0.05) is 0 Å². The lowest BCUT2D eigenvalue weighted by Crippen LogP contribution is -2.63. The molecular weight excluding hydrogens is 196 g/mol. The van der Waals surface area contributed by atoms with Crippen molar-refractivity contribution < 1.29 is 17.9 Å². The van der Waals surface area contributed by atoms with E-state index in [1.54, 1.807) is 0 Å². The molecule has 1 fully saturated rings. The van der Waals surface area contributed by atoms with Gasteiger partial charge in [-0.2, -0.15) is 0 Å². The van der Waals surface area contributed by atoms with Crippen LogP contribution in [0.2, 0.25) is 0 Å². The van der Waals surface area contributed by atoms with Gasteiger partial charge in [0.25, 0.3) is 0 Å². The van der Waals surface area contributed by atoms with Gasteiger partial charge in [0.15, 0.2) is 0 Å². The molecule has 0 saturated carbocycles. The number of amides is 1. The molecule has 7 heteroatoms. The molecule has 1 rings (SSSR count). The summed E-state index contributed by atoms with van der Waals surface area (Å²) in [7, 11) is -3.33. The third kappa shape index (κ3) is 2.94. The first kappa shape index (κ1) is 10.4. The molecule has 0 aromatic carbocycles. The van der Waals surface area contributed by atoms with Crippen molar-refractivity contribution in [2.24, 2.45) is 5.73 Å². The Labute approximate surface area is 76.5 Å². The molecule has 1 amide bonds. The van der Waals surface area contributed by atoms with E-state index in [1.807, 2.05) is 0 Å². The van der Waals surface area contributed by atoms with E-state index in [4.69, 9.17) is 10.5 Å². The van der Waals surface area contributed by atoms with Crippen molar-refractivity contribution in [2.75, 3.05) is 19.5 Å². The van der Waals surface area contributed by atoms with E-state index in [0.29, 0.717) is 0 Å². The summed E-state index contributed by atoms with van der Waals surface area (Å²) < 4.78 is 29.0. The number of rotatable bonds is 4. The van der Waals surface area contributed by atoms with Gasteiger partial charge in [-0.15, -0.1) is 0 Å². The minimum Gasteiger partial charge on any atom is -0.377 e. The smallest absolute Gasteiger partial charge is 0.219 e. The normalized spacial score (nSPS) is 20.7. The molecule has 0 spiro atoms. The minimum atomic E-state index is -3.33. The van der Waals surface area contributed by atoms with Crippen molar-refractivity contribution in [1.82, 2.24) is 4.72 Å². The molecule has 3 N–H and O–H groups in total. The van der Waals surface area contributed by atoms with Crippen molar-refractivity contribution >= 4 is 15.9 Å². The van der Waals surface area contributed by atoms with Crippen LogP contribution in [0.3, 0.4) is 0 Å². The molecule has 76 valence electrons. The SMILES string of the molecule is CS(=O)(=O)NC1(CC(N)=O)COC1. The Balaban J connectivity index is 2.65. The zero-order chi connectivity index (χ0) is 10.1. The molecule has 1 heterocycles. The summed E-state index contributed by atoms with van der Waals surface area (Å²) in [6.45, 7) is 0.395. The van der Waals surface area contributed by atoms with E-state index < -0.39 is 21.5 Å². The fourth-order valence-electron chi connectivity index (χ4n) is 1.27. The molecule has 0 aromatic rings. The van der Waals surface area contributed by atoms with Crippen LogP contribution < -0.4 is 10.5 Å². The summed E-state index contributed by atoms with van der Waals surface area (Å²) in [4.78, 5) is 10.6. The topological polar surface area (TPSA) is 98.5 Å². The minimum absolute atomic E-state index is 0.0277. The molecule has 13 heavy (non-hydrogen) atoms. The largest absolute Gasteiger partial charge is 0.377 e. The lowest BCUT2D eigenvalue weighted by Gasteiger charge is -2.40.